The van der Waals surface area contributed by atoms with Crippen LogP contribution in [0, 0.1) is 0 Å². The maximum atomic E-state index is 12.5. The Labute approximate surface area is 96.8 Å². The Bertz CT molecular complexity index is 428. The summed E-state index contributed by atoms with van der Waals surface area (Å²) in [6, 6.07) is 6.83. The lowest BCUT2D eigenvalue weighted by atomic mass is 9.90. The number of ketones is 1. The minimum absolute atomic E-state index is 0.0509. The summed E-state index contributed by atoms with van der Waals surface area (Å²) in [7, 11) is 0. The highest BCUT2D eigenvalue weighted by molar-refractivity contribution is 5.91. The second-order valence-corrected chi connectivity index (χ2v) is 4.07. The van der Waals surface area contributed by atoms with Crippen LogP contribution in [0.5, 0.6) is 0 Å². The van der Waals surface area contributed by atoms with Crippen LogP contribution in [0.3, 0.4) is 0 Å². The number of Topliss-reactive ketones (excluding diaryl/α,β-unsaturated/α-hetero) is 1. The lowest BCUT2D eigenvalue weighted by Gasteiger charge is -2.17. The van der Waals surface area contributed by atoms with Crippen LogP contribution in [0.2, 0.25) is 0 Å². The fraction of sp³-hybridized carbons (Fsp3) is 0.417. The number of nitrogens with one attached hydrogen (secondary N) is 1. The molecule has 92 valence electrons. The van der Waals surface area contributed by atoms with Crippen LogP contribution in [0.1, 0.15) is 17.0 Å². The van der Waals surface area contributed by atoms with E-state index in [4.69, 9.17) is 0 Å². The van der Waals surface area contributed by atoms with Gasteiger partial charge in [-0.2, -0.15) is 13.2 Å². The summed E-state index contributed by atoms with van der Waals surface area (Å²) in [5, 5.41) is 2.88. The number of hydrogen-bond donors (Lipinski definition) is 1. The third kappa shape index (κ3) is 2.49. The molecule has 0 saturated carbocycles. The molecular formula is C12H12F3NO. The largest absolute Gasteiger partial charge is 0.450 e. The smallest absolute Gasteiger partial charge is 0.315 e. The van der Waals surface area contributed by atoms with Crippen molar-refractivity contribution >= 4 is 5.78 Å². The van der Waals surface area contributed by atoms with Gasteiger partial charge in [0.15, 0.2) is 0 Å². The average molecular weight is 243 g/mol. The maximum absolute atomic E-state index is 12.5. The third-order valence-corrected chi connectivity index (χ3v) is 2.95. The summed E-state index contributed by atoms with van der Waals surface area (Å²) in [6.45, 7) is 0.647. The Morgan fingerprint density at radius 3 is 2.71 bits per heavy atom. The molecule has 1 aliphatic heterocycles. The van der Waals surface area contributed by atoms with Crippen LogP contribution in [-0.2, 0) is 11.2 Å². The second-order valence-electron chi connectivity index (χ2n) is 4.07. The quantitative estimate of drug-likeness (QED) is 0.817. The highest BCUT2D eigenvalue weighted by Gasteiger charge is 2.44. The van der Waals surface area contributed by atoms with Crippen molar-refractivity contribution in [2.75, 3.05) is 13.1 Å². The Morgan fingerprint density at radius 2 is 2.00 bits per heavy atom. The predicted molar refractivity (Wildman–Crippen MR) is 56.8 cm³/mol. The first-order chi connectivity index (χ1) is 8.00. The standard InChI is InChI=1S/C12H12F3NO/c13-12(14,15)11(17)10-7-16-6-5-8-3-1-2-4-9(8)10/h1-4,10,16H,5-7H2. The van der Waals surface area contributed by atoms with Gasteiger partial charge in [-0.05, 0) is 24.1 Å². The maximum Gasteiger partial charge on any atom is 0.450 e. The predicted octanol–water partition coefficient (Wildman–Crippen LogP) is 2.05. The summed E-state index contributed by atoms with van der Waals surface area (Å²) in [4.78, 5) is 11.4. The minimum atomic E-state index is -4.77. The summed E-state index contributed by atoms with van der Waals surface area (Å²) < 4.78 is 37.4. The van der Waals surface area contributed by atoms with Gasteiger partial charge in [-0.15, -0.1) is 0 Å². The normalized spacial score (nSPS) is 20.5. The van der Waals surface area contributed by atoms with Gasteiger partial charge in [-0.3, -0.25) is 4.79 Å². The van der Waals surface area contributed by atoms with Gasteiger partial charge in [-0.25, -0.2) is 0 Å². The zero-order valence-electron chi connectivity index (χ0n) is 9.05. The van der Waals surface area contributed by atoms with Gasteiger partial charge in [0.25, 0.3) is 0 Å². The van der Waals surface area contributed by atoms with Crippen molar-refractivity contribution in [2.24, 2.45) is 0 Å². The van der Waals surface area contributed by atoms with Crippen LogP contribution < -0.4 is 5.32 Å². The molecule has 1 heterocycles. The number of carbonyl (C=O) groups is 1. The molecule has 0 saturated heterocycles. The number of rotatable bonds is 1. The molecule has 1 aliphatic rings. The Morgan fingerprint density at radius 1 is 1.29 bits per heavy atom. The molecule has 0 amide bonds. The molecule has 1 aromatic carbocycles. The molecule has 0 bridgehead atoms. The number of fused-ring (bicyclic) bond motifs is 1. The van der Waals surface area contributed by atoms with E-state index in [1.807, 2.05) is 0 Å². The first kappa shape index (κ1) is 12.1. The van der Waals surface area contributed by atoms with E-state index in [1.54, 1.807) is 24.3 Å². The monoisotopic (exact) mass is 243 g/mol. The van der Waals surface area contributed by atoms with E-state index < -0.39 is 17.9 Å². The number of benzene rings is 1. The van der Waals surface area contributed by atoms with Gasteiger partial charge in [-0.1, -0.05) is 24.3 Å². The summed E-state index contributed by atoms with van der Waals surface area (Å²) in [6.07, 6.45) is -4.12. The third-order valence-electron chi connectivity index (χ3n) is 2.95. The minimum Gasteiger partial charge on any atom is -0.315 e. The van der Waals surface area contributed by atoms with E-state index in [0.717, 1.165) is 5.56 Å². The van der Waals surface area contributed by atoms with Gasteiger partial charge in [0.2, 0.25) is 5.78 Å². The van der Waals surface area contributed by atoms with Gasteiger partial charge >= 0.3 is 6.18 Å². The molecule has 5 heteroatoms. The van der Waals surface area contributed by atoms with Crippen LogP contribution in [-0.4, -0.2) is 25.0 Å². The molecule has 17 heavy (non-hydrogen) atoms. The molecule has 0 fully saturated rings. The first-order valence-electron chi connectivity index (χ1n) is 5.39. The lowest BCUT2D eigenvalue weighted by Crippen LogP contribution is -2.34. The molecule has 1 unspecified atom stereocenters. The molecule has 0 radical (unpaired) electrons. The van der Waals surface area contributed by atoms with E-state index >= 15 is 0 Å². The van der Waals surface area contributed by atoms with E-state index in [9.17, 15) is 18.0 Å². The molecule has 2 rings (SSSR count). The first-order valence-corrected chi connectivity index (χ1v) is 5.39. The Kier molecular flexibility index (Phi) is 3.19. The summed E-state index contributed by atoms with van der Waals surface area (Å²) >= 11 is 0. The van der Waals surface area contributed by atoms with E-state index in [2.05, 4.69) is 5.32 Å². The molecule has 0 aromatic heterocycles. The van der Waals surface area contributed by atoms with E-state index in [1.165, 1.54) is 0 Å². The fourth-order valence-electron chi connectivity index (χ4n) is 2.11. The highest BCUT2D eigenvalue weighted by atomic mass is 19.4. The topological polar surface area (TPSA) is 29.1 Å². The number of hydrogen-bond acceptors (Lipinski definition) is 2. The molecule has 1 N–H and O–H groups in total. The molecule has 1 aromatic rings. The van der Waals surface area contributed by atoms with Crippen molar-refractivity contribution in [1.82, 2.24) is 5.32 Å². The molecule has 2 nitrogen and oxygen atoms in total. The lowest BCUT2D eigenvalue weighted by molar-refractivity contribution is -0.172. The van der Waals surface area contributed by atoms with Crippen molar-refractivity contribution in [2.45, 2.75) is 18.5 Å². The van der Waals surface area contributed by atoms with Crippen molar-refractivity contribution in [3.8, 4) is 0 Å². The van der Waals surface area contributed by atoms with Crippen LogP contribution in [0.4, 0.5) is 13.2 Å². The molecule has 0 aliphatic carbocycles. The zero-order valence-corrected chi connectivity index (χ0v) is 9.05. The van der Waals surface area contributed by atoms with Gasteiger partial charge < -0.3 is 5.32 Å². The van der Waals surface area contributed by atoms with Crippen LogP contribution in [0.15, 0.2) is 24.3 Å². The number of alkyl halides is 3. The number of halogens is 3. The molecule has 1 atom stereocenters. The SMILES string of the molecule is O=C(C1CNCCc2ccccc21)C(F)(F)F. The highest BCUT2D eigenvalue weighted by Crippen LogP contribution is 2.30. The Hall–Kier alpha value is -1.36. The second kappa shape index (κ2) is 4.49. The van der Waals surface area contributed by atoms with Crippen LogP contribution >= 0.6 is 0 Å². The van der Waals surface area contributed by atoms with Crippen LogP contribution in [0.25, 0.3) is 0 Å². The van der Waals surface area contributed by atoms with Gasteiger partial charge in [0.05, 0.1) is 5.92 Å². The van der Waals surface area contributed by atoms with Gasteiger partial charge in [0, 0.05) is 6.54 Å². The van der Waals surface area contributed by atoms with Crippen molar-refractivity contribution in [1.29, 1.82) is 0 Å². The van der Waals surface area contributed by atoms with E-state index in [0.29, 0.717) is 18.5 Å². The van der Waals surface area contributed by atoms with Gasteiger partial charge in [0.1, 0.15) is 0 Å². The fourth-order valence-corrected chi connectivity index (χ4v) is 2.11. The molecule has 0 spiro atoms. The zero-order chi connectivity index (χ0) is 12.5. The summed E-state index contributed by atoms with van der Waals surface area (Å²) in [5.74, 6) is -2.78. The number of carbonyl (C=O) groups excluding carboxylic acids is 1. The van der Waals surface area contributed by atoms with Crippen molar-refractivity contribution in [3.63, 3.8) is 0 Å². The summed E-state index contributed by atoms with van der Waals surface area (Å²) in [5.41, 5.74) is 1.32. The molecular weight excluding hydrogens is 231 g/mol. The Balaban J connectivity index is 2.38. The van der Waals surface area contributed by atoms with Crippen molar-refractivity contribution < 1.29 is 18.0 Å². The van der Waals surface area contributed by atoms with Crippen molar-refractivity contribution in [3.05, 3.63) is 35.4 Å². The van der Waals surface area contributed by atoms with E-state index in [-0.39, 0.29) is 6.54 Å². The average Bonchev–Trinajstić information content (AvgIpc) is 2.48.